The highest BCUT2D eigenvalue weighted by Crippen LogP contribution is 2.67. The largest absolute Gasteiger partial charge is 0.467 e. The molecule has 4 aliphatic carbocycles. The van der Waals surface area contributed by atoms with Gasteiger partial charge in [-0.3, -0.25) is 0 Å². The van der Waals surface area contributed by atoms with Crippen LogP contribution in [0.4, 0.5) is 0 Å². The molecule has 0 aromatic rings. The van der Waals surface area contributed by atoms with Crippen molar-refractivity contribution in [3.8, 4) is 0 Å². The minimum Gasteiger partial charge on any atom is -0.467 e. The molecule has 0 radical (unpaired) electrons. The van der Waals surface area contributed by atoms with Crippen molar-refractivity contribution in [3.63, 3.8) is 0 Å². The Hall–Kier alpha value is -0.910. The van der Waals surface area contributed by atoms with Crippen LogP contribution in [0.3, 0.4) is 0 Å². The molecule has 0 spiro atoms. The minimum absolute atomic E-state index is 0.252. The molecule has 0 aliphatic heterocycles. The standard InChI is InChI=1S/C25H40O5/c1-6-30-17-9-12-23(2)16(15-17)7-8-18-19(23)10-13-24(3)20(18)11-14-25(24,27)21(28-4)22(26)29-5/h7,17-21,27H,6,8-15H2,1-5H3/t17-,18+,19-,20-,21-,23-,24-,25+/m0/s1. The molecule has 0 aromatic heterocycles. The lowest BCUT2D eigenvalue weighted by Gasteiger charge is -2.59. The van der Waals surface area contributed by atoms with E-state index in [1.165, 1.54) is 20.6 Å². The van der Waals surface area contributed by atoms with Crippen molar-refractivity contribution in [1.29, 1.82) is 0 Å². The van der Waals surface area contributed by atoms with E-state index in [1.54, 1.807) is 5.57 Å². The second-order valence-electron chi connectivity index (χ2n) is 10.6. The van der Waals surface area contributed by atoms with Crippen LogP contribution >= 0.6 is 0 Å². The lowest BCUT2D eigenvalue weighted by Crippen LogP contribution is -2.61. The number of esters is 1. The van der Waals surface area contributed by atoms with Crippen molar-refractivity contribution in [1.82, 2.24) is 0 Å². The van der Waals surface area contributed by atoms with Gasteiger partial charge in [0.25, 0.3) is 0 Å². The fourth-order valence-electron chi connectivity index (χ4n) is 8.08. The zero-order valence-corrected chi connectivity index (χ0v) is 19.4. The van der Waals surface area contributed by atoms with Gasteiger partial charge in [0, 0.05) is 19.1 Å². The third-order valence-electron chi connectivity index (χ3n) is 9.76. The number of hydrogen-bond acceptors (Lipinski definition) is 5. The molecule has 30 heavy (non-hydrogen) atoms. The Balaban J connectivity index is 1.62. The number of allylic oxidation sites excluding steroid dienone is 1. The molecule has 0 saturated heterocycles. The van der Waals surface area contributed by atoms with Crippen LogP contribution < -0.4 is 0 Å². The van der Waals surface area contributed by atoms with Gasteiger partial charge >= 0.3 is 5.97 Å². The Morgan fingerprint density at radius 3 is 2.57 bits per heavy atom. The lowest BCUT2D eigenvalue weighted by molar-refractivity contribution is -0.201. The Morgan fingerprint density at radius 1 is 1.17 bits per heavy atom. The first kappa shape index (κ1) is 22.3. The van der Waals surface area contributed by atoms with Gasteiger partial charge in [-0.15, -0.1) is 0 Å². The van der Waals surface area contributed by atoms with E-state index in [4.69, 9.17) is 14.2 Å². The molecule has 8 atom stereocenters. The van der Waals surface area contributed by atoms with Gasteiger partial charge < -0.3 is 19.3 Å². The van der Waals surface area contributed by atoms with E-state index >= 15 is 0 Å². The number of rotatable bonds is 5. The van der Waals surface area contributed by atoms with Gasteiger partial charge in [-0.1, -0.05) is 25.5 Å². The second kappa shape index (κ2) is 7.90. The molecule has 5 nitrogen and oxygen atoms in total. The quantitative estimate of drug-likeness (QED) is 0.531. The average molecular weight is 421 g/mol. The first-order valence-corrected chi connectivity index (χ1v) is 11.9. The minimum atomic E-state index is -1.16. The molecule has 1 N–H and O–H groups in total. The third-order valence-corrected chi connectivity index (χ3v) is 9.76. The average Bonchev–Trinajstić information content (AvgIpc) is 3.00. The predicted molar refractivity (Wildman–Crippen MR) is 115 cm³/mol. The number of fused-ring (bicyclic) bond motifs is 5. The lowest BCUT2D eigenvalue weighted by atomic mass is 9.46. The molecule has 4 rings (SSSR count). The second-order valence-corrected chi connectivity index (χ2v) is 10.6. The Morgan fingerprint density at radius 2 is 1.90 bits per heavy atom. The summed E-state index contributed by atoms with van der Waals surface area (Å²) < 4.78 is 16.5. The third kappa shape index (κ3) is 3.02. The van der Waals surface area contributed by atoms with Crippen LogP contribution in [0.5, 0.6) is 0 Å². The van der Waals surface area contributed by atoms with E-state index in [9.17, 15) is 9.90 Å². The first-order chi connectivity index (χ1) is 14.2. The van der Waals surface area contributed by atoms with Gasteiger partial charge in [0.1, 0.15) is 5.60 Å². The Labute approximate surface area is 181 Å². The molecule has 0 amide bonds. The Kier molecular flexibility index (Phi) is 5.87. The van der Waals surface area contributed by atoms with E-state index in [0.29, 0.717) is 30.3 Å². The van der Waals surface area contributed by atoms with Crippen LogP contribution in [0.15, 0.2) is 11.6 Å². The van der Waals surface area contributed by atoms with Crippen molar-refractivity contribution in [3.05, 3.63) is 11.6 Å². The van der Waals surface area contributed by atoms with Crippen LogP contribution in [-0.2, 0) is 19.0 Å². The normalized spacial score (nSPS) is 46.3. The monoisotopic (exact) mass is 420 g/mol. The molecule has 4 aliphatic rings. The maximum atomic E-state index is 12.4. The molecule has 0 bridgehead atoms. The number of methoxy groups -OCH3 is 2. The van der Waals surface area contributed by atoms with Crippen molar-refractivity contribution in [2.45, 2.75) is 89.9 Å². The summed E-state index contributed by atoms with van der Waals surface area (Å²) in [5, 5.41) is 11.8. The summed E-state index contributed by atoms with van der Waals surface area (Å²) in [5.41, 5.74) is 0.367. The van der Waals surface area contributed by atoms with E-state index in [2.05, 4.69) is 26.8 Å². The van der Waals surface area contributed by atoms with Gasteiger partial charge in [-0.25, -0.2) is 4.79 Å². The summed E-state index contributed by atoms with van der Waals surface area (Å²) in [6, 6.07) is 0. The highest BCUT2D eigenvalue weighted by Gasteiger charge is 2.67. The maximum Gasteiger partial charge on any atom is 0.338 e. The van der Waals surface area contributed by atoms with Crippen molar-refractivity contribution in [2.75, 3.05) is 20.8 Å². The van der Waals surface area contributed by atoms with Crippen molar-refractivity contribution in [2.24, 2.45) is 28.6 Å². The van der Waals surface area contributed by atoms with E-state index in [0.717, 1.165) is 45.1 Å². The molecule has 170 valence electrons. The zero-order valence-electron chi connectivity index (χ0n) is 19.4. The topological polar surface area (TPSA) is 65.0 Å². The van der Waals surface area contributed by atoms with Crippen LogP contribution in [-0.4, -0.2) is 49.7 Å². The van der Waals surface area contributed by atoms with Crippen LogP contribution in [0.25, 0.3) is 0 Å². The van der Waals surface area contributed by atoms with Gasteiger partial charge in [-0.2, -0.15) is 0 Å². The van der Waals surface area contributed by atoms with E-state index < -0.39 is 17.7 Å². The Bertz CT molecular complexity index is 704. The zero-order chi connectivity index (χ0) is 21.7. The van der Waals surface area contributed by atoms with Crippen LogP contribution in [0.2, 0.25) is 0 Å². The highest BCUT2D eigenvalue weighted by atomic mass is 16.6. The predicted octanol–water partition coefficient (Wildman–Crippen LogP) is 4.27. The first-order valence-electron chi connectivity index (χ1n) is 11.9. The van der Waals surface area contributed by atoms with Gasteiger partial charge in [0.05, 0.1) is 13.2 Å². The number of carbonyl (C=O) groups is 1. The van der Waals surface area contributed by atoms with Crippen molar-refractivity contribution < 1.29 is 24.1 Å². The summed E-state index contributed by atoms with van der Waals surface area (Å²) in [6.07, 6.45) is 10.1. The summed E-state index contributed by atoms with van der Waals surface area (Å²) in [4.78, 5) is 12.4. The molecule has 3 saturated carbocycles. The maximum absolute atomic E-state index is 12.4. The number of ether oxygens (including phenoxy) is 3. The summed E-state index contributed by atoms with van der Waals surface area (Å²) in [5.74, 6) is 1.16. The molecular formula is C25H40O5. The number of hydrogen-bond donors (Lipinski definition) is 1. The molecule has 0 heterocycles. The van der Waals surface area contributed by atoms with Crippen LogP contribution in [0.1, 0.15) is 72.1 Å². The fraction of sp³-hybridized carbons (Fsp3) is 0.880. The fourth-order valence-corrected chi connectivity index (χ4v) is 8.08. The summed E-state index contributed by atoms with van der Waals surface area (Å²) >= 11 is 0. The molecule has 5 heteroatoms. The summed E-state index contributed by atoms with van der Waals surface area (Å²) in [7, 11) is 2.88. The van der Waals surface area contributed by atoms with E-state index in [-0.39, 0.29) is 10.8 Å². The van der Waals surface area contributed by atoms with Gasteiger partial charge in [0.2, 0.25) is 0 Å². The van der Waals surface area contributed by atoms with E-state index in [1.807, 2.05) is 0 Å². The smallest absolute Gasteiger partial charge is 0.338 e. The number of aliphatic hydroxyl groups is 1. The summed E-state index contributed by atoms with van der Waals surface area (Å²) in [6.45, 7) is 7.56. The SMILES string of the molecule is CCO[C@H]1CC[C@@]2(C)C(=CC[C@@H]3[C@@H]2CC[C@@]2(C)[C@H]3CC[C@@]2(O)[C@@H](OC)C(=O)OC)C1. The molecule has 3 fully saturated rings. The van der Waals surface area contributed by atoms with Crippen LogP contribution in [0, 0.1) is 28.6 Å². The van der Waals surface area contributed by atoms with Gasteiger partial charge in [0.15, 0.2) is 6.10 Å². The van der Waals surface area contributed by atoms with Crippen molar-refractivity contribution >= 4 is 5.97 Å². The molecule has 0 unspecified atom stereocenters. The number of carbonyl (C=O) groups excluding carboxylic acids is 1. The molecular weight excluding hydrogens is 380 g/mol. The molecule has 0 aromatic carbocycles. The van der Waals surface area contributed by atoms with Gasteiger partial charge in [-0.05, 0) is 81.5 Å². The highest BCUT2D eigenvalue weighted by molar-refractivity contribution is 5.76.